The first-order chi connectivity index (χ1) is 12.0. The minimum absolute atomic E-state index is 0.270. The molecule has 5 heteroatoms. The summed E-state index contributed by atoms with van der Waals surface area (Å²) in [6.07, 6.45) is 12.1. The maximum Gasteiger partial charge on any atom is 0.131 e. The van der Waals surface area contributed by atoms with E-state index in [0.717, 1.165) is 17.1 Å². The number of aromatic nitrogens is 1. The minimum Gasteiger partial charge on any atom is -0.462 e. The van der Waals surface area contributed by atoms with E-state index in [1.165, 1.54) is 12.5 Å². The number of fused-ring (bicyclic) bond motifs is 1. The molecule has 1 aromatic rings. The average Bonchev–Trinajstić information content (AvgIpc) is 3.33. The van der Waals surface area contributed by atoms with Gasteiger partial charge in [0.15, 0.2) is 0 Å². The molecule has 2 aliphatic rings. The molecular weight excluding hydrogens is 355 g/mol. The Balaban J connectivity index is 1.83. The molecule has 0 amide bonds. The molecule has 1 aromatic heterocycles. The Morgan fingerprint density at radius 3 is 2.88 bits per heavy atom. The summed E-state index contributed by atoms with van der Waals surface area (Å²) in [4.78, 5) is 4.28. The largest absolute Gasteiger partial charge is 0.462 e. The van der Waals surface area contributed by atoms with E-state index in [4.69, 9.17) is 27.9 Å². The van der Waals surface area contributed by atoms with Crippen LogP contribution < -0.4 is 0 Å². The quantitative estimate of drug-likeness (QED) is 0.358. The van der Waals surface area contributed by atoms with Crippen LogP contribution in [0.1, 0.15) is 37.9 Å². The summed E-state index contributed by atoms with van der Waals surface area (Å²) in [6, 6.07) is 3.59. The van der Waals surface area contributed by atoms with E-state index >= 15 is 0 Å². The lowest BCUT2D eigenvalue weighted by Crippen LogP contribution is -1.96. The number of rotatable bonds is 5. The van der Waals surface area contributed by atoms with Crippen molar-refractivity contribution in [1.82, 2.24) is 4.98 Å². The standard InChI is InChI=1S/C20H18Cl2N2O/c1-3-13(20-17(11-23)18(21)10-19(22)24-20)5-4-12(2)25-16-7-6-14-8-15(14)9-16/h4-7,9-10,14-15H,3,8H2,1-2H3. The third-order valence-electron chi connectivity index (χ3n) is 4.31. The van der Waals surface area contributed by atoms with Gasteiger partial charge in [0.1, 0.15) is 22.7 Å². The molecule has 1 fully saturated rings. The first-order valence-electron chi connectivity index (χ1n) is 8.23. The molecule has 3 nitrogen and oxygen atoms in total. The van der Waals surface area contributed by atoms with Crippen LogP contribution in [0.2, 0.25) is 10.2 Å². The van der Waals surface area contributed by atoms with Crippen molar-refractivity contribution in [3.05, 3.63) is 69.4 Å². The molecule has 0 N–H and O–H groups in total. The summed E-state index contributed by atoms with van der Waals surface area (Å²) in [5.41, 5.74) is 1.73. The van der Waals surface area contributed by atoms with E-state index < -0.39 is 0 Å². The third kappa shape index (κ3) is 4.15. The van der Waals surface area contributed by atoms with Gasteiger partial charge in [0, 0.05) is 0 Å². The maximum absolute atomic E-state index is 9.36. The Labute approximate surface area is 157 Å². The van der Waals surface area contributed by atoms with Crippen LogP contribution >= 0.6 is 23.2 Å². The molecular formula is C20H18Cl2N2O. The van der Waals surface area contributed by atoms with Gasteiger partial charge in [-0.2, -0.15) is 5.26 Å². The summed E-state index contributed by atoms with van der Waals surface area (Å²) < 4.78 is 5.88. The second-order valence-electron chi connectivity index (χ2n) is 6.18. The van der Waals surface area contributed by atoms with E-state index in [0.29, 0.717) is 34.5 Å². The van der Waals surface area contributed by atoms with Crippen molar-refractivity contribution >= 4 is 28.8 Å². The zero-order valence-corrected chi connectivity index (χ0v) is 15.6. The van der Waals surface area contributed by atoms with Crippen LogP contribution in [0.4, 0.5) is 0 Å². The summed E-state index contributed by atoms with van der Waals surface area (Å²) in [5, 5.41) is 9.94. The molecule has 0 radical (unpaired) electrons. The van der Waals surface area contributed by atoms with E-state index in [1.54, 1.807) is 0 Å². The van der Waals surface area contributed by atoms with Crippen molar-refractivity contribution in [2.45, 2.75) is 26.7 Å². The Bertz CT molecular complexity index is 859. The molecule has 0 spiro atoms. The molecule has 2 unspecified atom stereocenters. The number of nitriles is 1. The number of ether oxygens (including phenoxy) is 1. The predicted octanol–water partition coefficient (Wildman–Crippen LogP) is 6.06. The van der Waals surface area contributed by atoms with Gasteiger partial charge in [-0.1, -0.05) is 42.3 Å². The highest BCUT2D eigenvalue weighted by molar-refractivity contribution is 6.35. The van der Waals surface area contributed by atoms with Crippen molar-refractivity contribution < 1.29 is 4.74 Å². The van der Waals surface area contributed by atoms with E-state index in [9.17, 15) is 5.26 Å². The predicted molar refractivity (Wildman–Crippen MR) is 101 cm³/mol. The van der Waals surface area contributed by atoms with Crippen LogP contribution in [-0.4, -0.2) is 4.98 Å². The molecule has 25 heavy (non-hydrogen) atoms. The van der Waals surface area contributed by atoms with Gasteiger partial charge in [-0.25, -0.2) is 4.98 Å². The Morgan fingerprint density at radius 1 is 1.40 bits per heavy atom. The first kappa shape index (κ1) is 17.8. The monoisotopic (exact) mass is 372 g/mol. The fourth-order valence-electron chi connectivity index (χ4n) is 2.83. The van der Waals surface area contributed by atoms with Crippen molar-refractivity contribution in [3.8, 4) is 6.07 Å². The van der Waals surface area contributed by atoms with Crippen LogP contribution in [-0.2, 0) is 4.74 Å². The topological polar surface area (TPSA) is 45.9 Å². The van der Waals surface area contributed by atoms with Gasteiger partial charge >= 0.3 is 0 Å². The minimum atomic E-state index is 0.270. The van der Waals surface area contributed by atoms with E-state index in [-0.39, 0.29) is 5.15 Å². The molecule has 2 atom stereocenters. The normalized spacial score (nSPS) is 22.1. The second-order valence-corrected chi connectivity index (χ2v) is 6.97. The third-order valence-corrected chi connectivity index (χ3v) is 4.80. The number of allylic oxidation sites excluding steroid dienone is 7. The molecule has 0 aromatic carbocycles. The van der Waals surface area contributed by atoms with Crippen LogP contribution in [0.25, 0.3) is 5.57 Å². The summed E-state index contributed by atoms with van der Waals surface area (Å²) >= 11 is 12.1. The van der Waals surface area contributed by atoms with Gasteiger partial charge in [-0.15, -0.1) is 0 Å². The summed E-state index contributed by atoms with van der Waals surface area (Å²) in [6.45, 7) is 3.90. The highest BCUT2D eigenvalue weighted by Gasteiger charge is 2.35. The second kappa shape index (κ2) is 7.47. The van der Waals surface area contributed by atoms with Gasteiger partial charge in [0.05, 0.1) is 16.3 Å². The van der Waals surface area contributed by atoms with Gasteiger partial charge in [0.25, 0.3) is 0 Å². The fourth-order valence-corrected chi connectivity index (χ4v) is 3.31. The van der Waals surface area contributed by atoms with Gasteiger partial charge in [-0.3, -0.25) is 0 Å². The van der Waals surface area contributed by atoms with Gasteiger partial charge in [0.2, 0.25) is 0 Å². The zero-order chi connectivity index (χ0) is 18.0. The number of hydrogen-bond acceptors (Lipinski definition) is 3. The lowest BCUT2D eigenvalue weighted by atomic mass is 10.0. The molecule has 1 heterocycles. The smallest absolute Gasteiger partial charge is 0.131 e. The van der Waals surface area contributed by atoms with Gasteiger partial charge in [-0.05, 0) is 61.5 Å². The Hall–Kier alpha value is -2.02. The fraction of sp³-hybridized carbons (Fsp3) is 0.300. The molecule has 0 aliphatic heterocycles. The van der Waals surface area contributed by atoms with Crippen LogP contribution in [0.3, 0.4) is 0 Å². The van der Waals surface area contributed by atoms with Crippen molar-refractivity contribution in [2.24, 2.45) is 11.8 Å². The van der Waals surface area contributed by atoms with E-state index in [2.05, 4.69) is 23.2 Å². The Morgan fingerprint density at radius 2 is 2.20 bits per heavy atom. The van der Waals surface area contributed by atoms with E-state index in [1.807, 2.05) is 32.1 Å². The lowest BCUT2D eigenvalue weighted by molar-refractivity contribution is 0.318. The SMILES string of the molecule is CCC(=CC=C(C)OC1=CC2CC2C=C1)c1nc(Cl)cc(Cl)c1C#N. The zero-order valence-electron chi connectivity index (χ0n) is 14.1. The summed E-state index contributed by atoms with van der Waals surface area (Å²) in [5.74, 6) is 3.02. The van der Waals surface area contributed by atoms with Crippen molar-refractivity contribution in [2.75, 3.05) is 0 Å². The number of nitrogens with zero attached hydrogens (tertiary/aromatic N) is 2. The maximum atomic E-state index is 9.36. The first-order valence-corrected chi connectivity index (χ1v) is 8.99. The molecule has 0 bridgehead atoms. The van der Waals surface area contributed by atoms with Crippen LogP contribution in [0.5, 0.6) is 0 Å². The molecule has 0 saturated heterocycles. The summed E-state index contributed by atoms with van der Waals surface area (Å²) in [7, 11) is 0. The lowest BCUT2D eigenvalue weighted by Gasteiger charge is -2.10. The van der Waals surface area contributed by atoms with Crippen LogP contribution in [0.15, 0.2) is 48.0 Å². The highest BCUT2D eigenvalue weighted by Crippen LogP contribution is 2.44. The average molecular weight is 373 g/mol. The van der Waals surface area contributed by atoms with Crippen molar-refractivity contribution in [1.29, 1.82) is 5.26 Å². The number of pyridine rings is 1. The molecule has 2 aliphatic carbocycles. The Kier molecular flexibility index (Phi) is 5.32. The number of halogens is 2. The molecule has 128 valence electrons. The highest BCUT2D eigenvalue weighted by atomic mass is 35.5. The van der Waals surface area contributed by atoms with Crippen molar-refractivity contribution in [3.63, 3.8) is 0 Å². The molecule has 3 rings (SSSR count). The molecule has 1 saturated carbocycles. The van der Waals surface area contributed by atoms with Crippen LogP contribution in [0, 0.1) is 23.2 Å². The number of hydrogen-bond donors (Lipinski definition) is 0. The van der Waals surface area contributed by atoms with Gasteiger partial charge < -0.3 is 4.74 Å².